The van der Waals surface area contributed by atoms with E-state index in [1.165, 1.54) is 0 Å². The molecule has 82 valence electrons. The molecular weight excluding hydrogens is 203 g/mol. The van der Waals surface area contributed by atoms with Gasteiger partial charge in [0.05, 0.1) is 0 Å². The van der Waals surface area contributed by atoms with Gasteiger partial charge in [-0.3, -0.25) is 0 Å². The van der Waals surface area contributed by atoms with Crippen LogP contribution in [-0.2, 0) is 5.54 Å². The Hall–Kier alpha value is -1.03. The number of hydrogen-bond donors (Lipinski definition) is 1. The lowest BCUT2D eigenvalue weighted by Crippen LogP contribution is -2.26. The quantitative estimate of drug-likeness (QED) is 0.716. The summed E-state index contributed by atoms with van der Waals surface area (Å²) in [7, 11) is 0. The Kier molecular flexibility index (Phi) is 1.93. The summed E-state index contributed by atoms with van der Waals surface area (Å²) in [5.74, 6) is -3.81. The molecule has 0 aliphatic heterocycles. The van der Waals surface area contributed by atoms with Crippen molar-refractivity contribution >= 4 is 0 Å². The van der Waals surface area contributed by atoms with Crippen LogP contribution >= 0.6 is 0 Å². The molecule has 1 aliphatic rings. The predicted molar refractivity (Wildman–Crippen MR) is 50.6 cm³/mol. The van der Waals surface area contributed by atoms with Crippen LogP contribution in [0.1, 0.15) is 25.8 Å². The first-order chi connectivity index (χ1) is 6.78. The minimum Gasteiger partial charge on any atom is -0.321 e. The van der Waals surface area contributed by atoms with Crippen LogP contribution in [0.5, 0.6) is 0 Å². The van der Waals surface area contributed by atoms with Crippen LogP contribution < -0.4 is 5.73 Å². The summed E-state index contributed by atoms with van der Waals surface area (Å²) in [5.41, 5.74) is 5.38. The molecule has 1 aromatic rings. The van der Waals surface area contributed by atoms with Gasteiger partial charge in [-0.1, -0.05) is 13.8 Å². The van der Waals surface area contributed by atoms with Crippen molar-refractivity contribution in [3.8, 4) is 0 Å². The maximum absolute atomic E-state index is 13.0. The second kappa shape index (κ2) is 2.76. The maximum atomic E-state index is 13.0. The minimum absolute atomic E-state index is 0.191. The van der Waals surface area contributed by atoms with Gasteiger partial charge in [-0.15, -0.1) is 0 Å². The molecule has 1 aliphatic carbocycles. The van der Waals surface area contributed by atoms with Crippen LogP contribution in [0.2, 0.25) is 0 Å². The molecule has 0 amide bonds. The Morgan fingerprint density at radius 1 is 1.13 bits per heavy atom. The highest BCUT2D eigenvalue weighted by atomic mass is 19.2. The predicted octanol–water partition coefficient (Wildman–Crippen LogP) is 2.69. The molecule has 0 aromatic heterocycles. The second-order valence-corrected chi connectivity index (χ2v) is 4.79. The summed E-state index contributed by atoms with van der Waals surface area (Å²) >= 11 is 0. The molecule has 15 heavy (non-hydrogen) atoms. The minimum atomic E-state index is -1.44. The molecule has 0 heterocycles. The van der Waals surface area contributed by atoms with Crippen molar-refractivity contribution in [2.24, 2.45) is 11.1 Å². The average Bonchev–Trinajstić information content (AvgIpc) is 2.62. The second-order valence-electron chi connectivity index (χ2n) is 4.79. The topological polar surface area (TPSA) is 26.0 Å². The van der Waals surface area contributed by atoms with Gasteiger partial charge in [-0.2, -0.15) is 0 Å². The number of nitrogens with two attached hydrogens (primary N) is 1. The van der Waals surface area contributed by atoms with Crippen molar-refractivity contribution in [1.82, 2.24) is 0 Å². The SMILES string of the molecule is CC1(C)CC1(N)c1cc(F)c(F)c(F)c1. The van der Waals surface area contributed by atoms with Gasteiger partial charge in [0.2, 0.25) is 0 Å². The smallest absolute Gasteiger partial charge is 0.194 e. The molecule has 0 saturated heterocycles. The van der Waals surface area contributed by atoms with E-state index in [-0.39, 0.29) is 5.41 Å². The maximum Gasteiger partial charge on any atom is 0.194 e. The van der Waals surface area contributed by atoms with Gasteiger partial charge >= 0.3 is 0 Å². The van der Waals surface area contributed by atoms with E-state index >= 15 is 0 Å². The van der Waals surface area contributed by atoms with Gasteiger partial charge in [0.15, 0.2) is 17.5 Å². The molecular formula is C11H12F3N. The fourth-order valence-electron chi connectivity index (χ4n) is 1.96. The van der Waals surface area contributed by atoms with Crippen molar-refractivity contribution in [3.05, 3.63) is 35.1 Å². The van der Waals surface area contributed by atoms with Gasteiger partial charge in [-0.05, 0) is 29.5 Å². The van der Waals surface area contributed by atoms with Crippen molar-refractivity contribution in [3.63, 3.8) is 0 Å². The summed E-state index contributed by atoms with van der Waals surface area (Å²) in [5, 5.41) is 0. The van der Waals surface area contributed by atoms with E-state index in [0.29, 0.717) is 12.0 Å². The lowest BCUT2D eigenvalue weighted by atomic mass is 9.97. The summed E-state index contributed by atoms with van der Waals surface area (Å²) < 4.78 is 38.7. The molecule has 0 radical (unpaired) electrons. The third-order valence-electron chi connectivity index (χ3n) is 3.30. The molecule has 1 aromatic carbocycles. The van der Waals surface area contributed by atoms with E-state index in [0.717, 1.165) is 12.1 Å². The van der Waals surface area contributed by atoms with Gasteiger partial charge < -0.3 is 5.73 Å². The summed E-state index contributed by atoms with van der Waals surface area (Å²) in [6, 6.07) is 1.96. The van der Waals surface area contributed by atoms with E-state index < -0.39 is 23.0 Å². The van der Waals surface area contributed by atoms with E-state index in [9.17, 15) is 13.2 Å². The summed E-state index contributed by atoms with van der Waals surface area (Å²) in [6.07, 6.45) is 0.643. The fourth-order valence-corrected chi connectivity index (χ4v) is 1.96. The molecule has 2 rings (SSSR count). The average molecular weight is 215 g/mol. The lowest BCUT2D eigenvalue weighted by molar-refractivity contribution is 0.437. The first-order valence-electron chi connectivity index (χ1n) is 4.72. The highest BCUT2D eigenvalue weighted by molar-refractivity contribution is 5.36. The van der Waals surface area contributed by atoms with Gasteiger partial charge in [0.1, 0.15) is 0 Å². The fraction of sp³-hybridized carbons (Fsp3) is 0.455. The van der Waals surface area contributed by atoms with Crippen LogP contribution in [0, 0.1) is 22.9 Å². The third kappa shape index (κ3) is 1.35. The number of rotatable bonds is 1. The molecule has 1 saturated carbocycles. The highest BCUT2D eigenvalue weighted by Crippen LogP contribution is 2.60. The van der Waals surface area contributed by atoms with Crippen molar-refractivity contribution < 1.29 is 13.2 Å². The first kappa shape index (κ1) is 10.5. The van der Waals surface area contributed by atoms with Gasteiger partial charge in [0.25, 0.3) is 0 Å². The van der Waals surface area contributed by atoms with Crippen LogP contribution in [0.3, 0.4) is 0 Å². The zero-order chi connectivity index (χ0) is 11.4. The lowest BCUT2D eigenvalue weighted by Gasteiger charge is -2.15. The standard InChI is InChI=1S/C11H12F3N/c1-10(2)5-11(10,15)6-3-7(12)9(14)8(13)4-6/h3-4H,5,15H2,1-2H3. The zero-order valence-electron chi connectivity index (χ0n) is 8.57. The van der Waals surface area contributed by atoms with E-state index in [1.807, 2.05) is 13.8 Å². The van der Waals surface area contributed by atoms with E-state index in [2.05, 4.69) is 0 Å². The normalized spacial score (nSPS) is 27.9. The van der Waals surface area contributed by atoms with Crippen molar-refractivity contribution in [1.29, 1.82) is 0 Å². The largest absolute Gasteiger partial charge is 0.321 e. The zero-order valence-corrected chi connectivity index (χ0v) is 8.57. The Morgan fingerprint density at radius 3 is 1.87 bits per heavy atom. The molecule has 2 N–H and O–H groups in total. The van der Waals surface area contributed by atoms with Crippen molar-refractivity contribution in [2.75, 3.05) is 0 Å². The summed E-state index contributed by atoms with van der Waals surface area (Å²) in [4.78, 5) is 0. The van der Waals surface area contributed by atoms with E-state index in [1.54, 1.807) is 0 Å². The molecule has 0 bridgehead atoms. The first-order valence-corrected chi connectivity index (χ1v) is 4.72. The molecule has 1 nitrogen and oxygen atoms in total. The molecule has 1 fully saturated rings. The molecule has 4 heteroatoms. The van der Waals surface area contributed by atoms with Gasteiger partial charge in [0, 0.05) is 5.54 Å². The van der Waals surface area contributed by atoms with Crippen LogP contribution in [0.4, 0.5) is 13.2 Å². The van der Waals surface area contributed by atoms with Crippen molar-refractivity contribution in [2.45, 2.75) is 25.8 Å². The molecule has 0 spiro atoms. The number of hydrogen-bond acceptors (Lipinski definition) is 1. The number of benzene rings is 1. The van der Waals surface area contributed by atoms with Crippen LogP contribution in [0.25, 0.3) is 0 Å². The van der Waals surface area contributed by atoms with Crippen LogP contribution in [0.15, 0.2) is 12.1 Å². The highest BCUT2D eigenvalue weighted by Gasteiger charge is 2.59. The number of halogens is 3. The Morgan fingerprint density at radius 2 is 1.53 bits per heavy atom. The molecule has 1 atom stereocenters. The summed E-state index contributed by atoms with van der Waals surface area (Å²) in [6.45, 7) is 3.82. The Balaban J connectivity index is 2.49. The Bertz CT molecular complexity index is 405. The third-order valence-corrected chi connectivity index (χ3v) is 3.30. The monoisotopic (exact) mass is 215 g/mol. The molecule has 1 unspecified atom stereocenters. The van der Waals surface area contributed by atoms with Gasteiger partial charge in [-0.25, -0.2) is 13.2 Å². The Labute approximate surface area is 86.1 Å². The van der Waals surface area contributed by atoms with E-state index in [4.69, 9.17) is 5.73 Å². The van der Waals surface area contributed by atoms with Crippen LogP contribution in [-0.4, -0.2) is 0 Å².